The van der Waals surface area contributed by atoms with Gasteiger partial charge in [0.05, 0.1) is 22.5 Å². The van der Waals surface area contributed by atoms with Crippen LogP contribution in [0.25, 0.3) is 86.8 Å². The Hall–Kier alpha value is -6.69. The quantitative estimate of drug-likeness (QED) is 0.180. The second-order valence-electron chi connectivity index (χ2n) is 13.2. The van der Waals surface area contributed by atoms with E-state index in [1.165, 1.54) is 20.2 Å². The number of fused-ring (bicyclic) bond motifs is 8. The van der Waals surface area contributed by atoms with Crippen LogP contribution in [0.15, 0.2) is 169 Å². The van der Waals surface area contributed by atoms with Crippen molar-refractivity contribution in [2.24, 2.45) is 0 Å². The minimum atomic E-state index is 0.612. The van der Waals surface area contributed by atoms with E-state index in [-0.39, 0.29) is 0 Å². The van der Waals surface area contributed by atoms with Crippen molar-refractivity contribution in [3.05, 3.63) is 186 Å². The maximum Gasteiger partial charge on any atom is 0.228 e. The molecule has 10 aromatic rings. The average molecular weight is 698 g/mol. The average Bonchev–Trinajstić information content (AvgIpc) is 3.80. The zero-order chi connectivity index (χ0) is 35.5. The summed E-state index contributed by atoms with van der Waals surface area (Å²) >= 11 is 1.79. The van der Waals surface area contributed by atoms with E-state index in [4.69, 9.17) is 19.4 Å². The fraction of sp³-hybridized carbons (Fsp3) is 0.0208. The van der Waals surface area contributed by atoms with Crippen LogP contribution in [-0.4, -0.2) is 15.0 Å². The van der Waals surface area contributed by atoms with Gasteiger partial charge in [0.2, 0.25) is 5.71 Å². The van der Waals surface area contributed by atoms with E-state index < -0.39 is 0 Å². The van der Waals surface area contributed by atoms with Crippen LogP contribution in [0, 0.1) is 0 Å². The molecule has 4 nitrogen and oxygen atoms in total. The highest BCUT2D eigenvalue weighted by Crippen LogP contribution is 2.40. The SMILES string of the molecule is C=C/C(c1nc2oc3ccccc3c2c2ccccc12)=c1/cccc/c1=C(/C)c1cc(-c2ccccc2)nc(-c2cccc3c2sc2ccccc23)n1. The number of pyridine rings is 1. The van der Waals surface area contributed by atoms with Crippen LogP contribution in [0.1, 0.15) is 18.3 Å². The Morgan fingerprint density at radius 2 is 1.30 bits per heavy atom. The number of furan rings is 1. The number of hydrogen-bond acceptors (Lipinski definition) is 5. The zero-order valence-corrected chi connectivity index (χ0v) is 29.7. The van der Waals surface area contributed by atoms with Crippen molar-refractivity contribution < 1.29 is 4.42 Å². The number of thiophene rings is 1. The third-order valence-electron chi connectivity index (χ3n) is 10.1. The molecule has 4 heterocycles. The zero-order valence-electron chi connectivity index (χ0n) is 28.9. The van der Waals surface area contributed by atoms with Crippen molar-refractivity contribution in [1.29, 1.82) is 0 Å². The smallest absolute Gasteiger partial charge is 0.228 e. The van der Waals surface area contributed by atoms with Gasteiger partial charge in [-0.15, -0.1) is 11.3 Å². The number of benzene rings is 6. The van der Waals surface area contributed by atoms with Crippen LogP contribution in [0.3, 0.4) is 0 Å². The third-order valence-corrected chi connectivity index (χ3v) is 11.4. The lowest BCUT2D eigenvalue weighted by Crippen LogP contribution is -2.29. The van der Waals surface area contributed by atoms with Crippen molar-refractivity contribution in [3.8, 4) is 22.6 Å². The first-order valence-corrected chi connectivity index (χ1v) is 18.5. The number of aromatic nitrogens is 3. The minimum Gasteiger partial charge on any atom is -0.438 e. The van der Waals surface area contributed by atoms with Crippen LogP contribution < -0.4 is 10.4 Å². The summed E-state index contributed by atoms with van der Waals surface area (Å²) in [4.78, 5) is 15.8. The molecule has 0 amide bonds. The van der Waals surface area contributed by atoms with Crippen LogP contribution in [0.2, 0.25) is 0 Å². The molecule has 0 spiro atoms. The van der Waals surface area contributed by atoms with E-state index in [9.17, 15) is 0 Å². The fourth-order valence-electron chi connectivity index (χ4n) is 7.60. The first-order valence-electron chi connectivity index (χ1n) is 17.6. The maximum atomic E-state index is 6.36. The van der Waals surface area contributed by atoms with Gasteiger partial charge in [-0.25, -0.2) is 15.0 Å². The van der Waals surface area contributed by atoms with Gasteiger partial charge in [0, 0.05) is 47.6 Å². The van der Waals surface area contributed by atoms with Crippen LogP contribution >= 0.6 is 11.3 Å². The molecule has 250 valence electrons. The lowest BCUT2D eigenvalue weighted by molar-refractivity contribution is 0.654. The molecule has 0 saturated heterocycles. The molecule has 0 fully saturated rings. The van der Waals surface area contributed by atoms with Crippen molar-refractivity contribution in [1.82, 2.24) is 15.0 Å². The van der Waals surface area contributed by atoms with E-state index >= 15 is 0 Å². The summed E-state index contributed by atoms with van der Waals surface area (Å²) in [6.07, 6.45) is 1.92. The predicted molar refractivity (Wildman–Crippen MR) is 221 cm³/mol. The number of nitrogens with zero attached hydrogens (tertiary/aromatic N) is 3. The summed E-state index contributed by atoms with van der Waals surface area (Å²) in [6.45, 7) is 6.48. The molecular weight excluding hydrogens is 667 g/mol. The van der Waals surface area contributed by atoms with Crippen molar-refractivity contribution in [2.75, 3.05) is 0 Å². The highest BCUT2D eigenvalue weighted by atomic mass is 32.1. The van der Waals surface area contributed by atoms with Crippen molar-refractivity contribution in [2.45, 2.75) is 6.92 Å². The summed E-state index contributed by atoms with van der Waals surface area (Å²) < 4.78 is 8.79. The van der Waals surface area contributed by atoms with E-state index in [1.54, 1.807) is 11.3 Å². The van der Waals surface area contributed by atoms with Gasteiger partial charge in [0.15, 0.2) is 5.82 Å². The Labute approximate surface area is 309 Å². The van der Waals surface area contributed by atoms with Crippen LogP contribution in [0.5, 0.6) is 0 Å². The van der Waals surface area contributed by atoms with Gasteiger partial charge < -0.3 is 4.42 Å². The molecule has 53 heavy (non-hydrogen) atoms. The normalized spacial score (nSPS) is 12.9. The highest BCUT2D eigenvalue weighted by molar-refractivity contribution is 7.26. The van der Waals surface area contributed by atoms with Gasteiger partial charge in [0.25, 0.3) is 0 Å². The van der Waals surface area contributed by atoms with E-state index in [1.807, 2.05) is 30.3 Å². The fourth-order valence-corrected chi connectivity index (χ4v) is 8.81. The van der Waals surface area contributed by atoms with Crippen molar-refractivity contribution >= 4 is 75.5 Å². The van der Waals surface area contributed by atoms with Crippen molar-refractivity contribution in [3.63, 3.8) is 0 Å². The van der Waals surface area contributed by atoms with E-state index in [0.717, 1.165) is 76.9 Å². The molecule has 4 aromatic heterocycles. The van der Waals surface area contributed by atoms with Gasteiger partial charge in [-0.05, 0) is 52.6 Å². The summed E-state index contributed by atoms with van der Waals surface area (Å²) in [7, 11) is 0. The van der Waals surface area contributed by atoms with Gasteiger partial charge >= 0.3 is 0 Å². The van der Waals surface area contributed by atoms with Gasteiger partial charge in [0.1, 0.15) is 5.58 Å². The molecular formula is C48H31N3OS. The molecule has 0 bridgehead atoms. The maximum absolute atomic E-state index is 6.36. The molecule has 0 saturated carbocycles. The Morgan fingerprint density at radius 1 is 0.623 bits per heavy atom. The first-order chi connectivity index (χ1) is 26.2. The Balaban J connectivity index is 1.26. The number of allylic oxidation sites excluding steroid dienone is 1. The Kier molecular flexibility index (Phi) is 7.34. The lowest BCUT2D eigenvalue weighted by atomic mass is 9.97. The second-order valence-corrected chi connectivity index (χ2v) is 14.2. The first kappa shape index (κ1) is 31.1. The molecule has 0 atom stereocenters. The molecule has 10 rings (SSSR count). The van der Waals surface area contributed by atoms with E-state index in [0.29, 0.717) is 11.5 Å². The summed E-state index contributed by atoms with van der Waals surface area (Å²) in [5, 5.41) is 8.75. The molecule has 0 N–H and O–H groups in total. The lowest BCUT2D eigenvalue weighted by Gasteiger charge is -2.12. The Morgan fingerprint density at radius 3 is 2.13 bits per heavy atom. The number of para-hydroxylation sites is 1. The van der Waals surface area contributed by atoms with Gasteiger partial charge in [-0.3, -0.25) is 0 Å². The predicted octanol–water partition coefficient (Wildman–Crippen LogP) is 11.2. The van der Waals surface area contributed by atoms with E-state index in [2.05, 4.69) is 141 Å². The Bertz CT molecular complexity index is 3210. The van der Waals surface area contributed by atoms with Gasteiger partial charge in [-0.2, -0.15) is 0 Å². The third kappa shape index (κ3) is 5.08. The summed E-state index contributed by atoms with van der Waals surface area (Å²) in [6, 6.07) is 52.5. The topological polar surface area (TPSA) is 51.8 Å². The molecule has 0 aliphatic carbocycles. The molecule has 5 heteroatoms. The minimum absolute atomic E-state index is 0.612. The molecule has 0 radical (unpaired) electrons. The number of rotatable bonds is 5. The highest BCUT2D eigenvalue weighted by Gasteiger charge is 2.19. The second kappa shape index (κ2) is 12.5. The standard InChI is InChI=1S/C48H31N3OS/c1-3-31(45-36-22-10-9-21-35(36)44-38-23-11-13-26-42(38)52-48(44)51-45)33-19-8-7-18-32(33)29(2)40-28-41(30-16-5-4-6-17-30)50-47(49-40)39-25-15-24-37-34-20-12-14-27-43(34)53-46(37)39/h3-28H,1H2,2H3/b32-29+,33-31+. The largest absolute Gasteiger partial charge is 0.438 e. The molecule has 0 aliphatic heterocycles. The van der Waals surface area contributed by atoms with Gasteiger partial charge in [-0.1, -0.05) is 140 Å². The summed E-state index contributed by atoms with van der Waals surface area (Å²) in [5.41, 5.74) is 8.00. The summed E-state index contributed by atoms with van der Waals surface area (Å²) in [5.74, 6) is 0.700. The number of hydrogen-bond donors (Lipinski definition) is 0. The van der Waals surface area contributed by atoms with Crippen LogP contribution in [0.4, 0.5) is 0 Å². The molecule has 0 aliphatic rings. The molecule has 6 aromatic carbocycles. The van der Waals surface area contributed by atoms with Crippen LogP contribution in [-0.2, 0) is 0 Å². The molecule has 0 unspecified atom stereocenters. The monoisotopic (exact) mass is 697 g/mol.